The maximum Gasteiger partial charge on any atom is 0.185 e. The molecule has 0 aliphatic rings. The second kappa shape index (κ2) is 6.17. The molecule has 0 unspecified atom stereocenters. The minimum absolute atomic E-state index is 0.466. The monoisotopic (exact) mass is 275 g/mol. The Labute approximate surface area is 119 Å². The van der Waals surface area contributed by atoms with Crippen molar-refractivity contribution in [2.24, 2.45) is 0 Å². The zero-order valence-corrected chi connectivity index (χ0v) is 12.8. The highest BCUT2D eigenvalue weighted by molar-refractivity contribution is 7.19. The third kappa shape index (κ3) is 3.55. The Bertz CT molecular complexity index is 517. The molecule has 1 N–H and O–H groups in total. The van der Waals surface area contributed by atoms with Gasteiger partial charge in [-0.2, -0.15) is 0 Å². The van der Waals surface area contributed by atoms with Gasteiger partial charge in [0.15, 0.2) is 5.13 Å². The first kappa shape index (κ1) is 14.0. The maximum absolute atomic E-state index is 4.74. The van der Waals surface area contributed by atoms with Crippen molar-refractivity contribution >= 4 is 16.5 Å². The molecule has 1 aromatic heterocycles. The Hall–Kier alpha value is -1.39. The van der Waals surface area contributed by atoms with Gasteiger partial charge in [-0.05, 0) is 5.56 Å². The van der Waals surface area contributed by atoms with Crippen molar-refractivity contribution in [2.45, 2.75) is 26.4 Å². The third-order valence-electron chi connectivity index (χ3n) is 2.78. The van der Waals surface area contributed by atoms with Crippen LogP contribution in [-0.2, 0) is 6.54 Å². The van der Waals surface area contributed by atoms with Crippen molar-refractivity contribution in [2.75, 3.05) is 19.0 Å². The van der Waals surface area contributed by atoms with Gasteiger partial charge in [-0.15, -0.1) is 0 Å². The third-order valence-corrected chi connectivity index (χ3v) is 4.10. The van der Waals surface area contributed by atoms with Crippen LogP contribution in [0.5, 0.6) is 0 Å². The van der Waals surface area contributed by atoms with E-state index in [1.54, 1.807) is 11.3 Å². The van der Waals surface area contributed by atoms with Crippen LogP contribution in [0.4, 0.5) is 5.13 Å². The van der Waals surface area contributed by atoms with Crippen molar-refractivity contribution in [3.63, 3.8) is 0 Å². The van der Waals surface area contributed by atoms with E-state index in [0.29, 0.717) is 6.04 Å². The molecule has 102 valence electrons. The Morgan fingerprint density at radius 2 is 1.89 bits per heavy atom. The van der Waals surface area contributed by atoms with E-state index >= 15 is 0 Å². The summed E-state index contributed by atoms with van der Waals surface area (Å²) in [5, 5.41) is 4.50. The van der Waals surface area contributed by atoms with E-state index in [1.807, 2.05) is 20.2 Å². The van der Waals surface area contributed by atoms with Gasteiger partial charge in [0.05, 0.1) is 10.6 Å². The first-order chi connectivity index (χ1) is 9.08. The average Bonchev–Trinajstić information content (AvgIpc) is 2.81. The minimum atomic E-state index is 0.466. The Morgan fingerprint density at radius 3 is 2.47 bits per heavy atom. The first-order valence-corrected chi connectivity index (χ1v) is 7.35. The molecule has 2 aromatic rings. The van der Waals surface area contributed by atoms with Crippen molar-refractivity contribution in [3.05, 3.63) is 36.0 Å². The maximum atomic E-state index is 4.74. The van der Waals surface area contributed by atoms with Gasteiger partial charge in [-0.25, -0.2) is 4.98 Å². The van der Waals surface area contributed by atoms with E-state index < -0.39 is 0 Å². The molecular formula is C15H21N3S. The predicted molar refractivity (Wildman–Crippen MR) is 83.9 cm³/mol. The van der Waals surface area contributed by atoms with Gasteiger partial charge in [0.25, 0.3) is 0 Å². The lowest BCUT2D eigenvalue weighted by atomic mass is 10.1. The molecule has 19 heavy (non-hydrogen) atoms. The second-order valence-corrected chi connectivity index (χ2v) is 6.05. The zero-order valence-electron chi connectivity index (χ0n) is 12.0. The number of benzene rings is 1. The Morgan fingerprint density at radius 1 is 1.21 bits per heavy atom. The summed E-state index contributed by atoms with van der Waals surface area (Å²) in [6.07, 6.45) is 0. The summed E-state index contributed by atoms with van der Waals surface area (Å²) in [6, 6.07) is 10.9. The number of hydrogen-bond donors (Lipinski definition) is 1. The summed E-state index contributed by atoms with van der Waals surface area (Å²) in [5.74, 6) is 0. The molecule has 0 radical (unpaired) electrons. The molecule has 0 amide bonds. The lowest BCUT2D eigenvalue weighted by molar-refractivity contribution is 0.583. The van der Waals surface area contributed by atoms with E-state index in [2.05, 4.69) is 48.3 Å². The average molecular weight is 275 g/mol. The van der Waals surface area contributed by atoms with Crippen molar-refractivity contribution in [1.82, 2.24) is 10.3 Å². The van der Waals surface area contributed by atoms with Gasteiger partial charge in [0, 0.05) is 26.7 Å². The van der Waals surface area contributed by atoms with Gasteiger partial charge in [-0.3, -0.25) is 0 Å². The van der Waals surface area contributed by atoms with E-state index in [0.717, 1.165) is 17.4 Å². The topological polar surface area (TPSA) is 28.2 Å². The zero-order chi connectivity index (χ0) is 13.8. The Balaban J connectivity index is 2.34. The predicted octanol–water partition coefficient (Wildman–Crippen LogP) is 3.37. The molecule has 0 saturated heterocycles. The normalized spacial score (nSPS) is 11.0. The molecule has 1 aromatic carbocycles. The molecule has 0 aliphatic carbocycles. The quantitative estimate of drug-likeness (QED) is 0.906. The number of hydrogen-bond acceptors (Lipinski definition) is 4. The van der Waals surface area contributed by atoms with E-state index in [9.17, 15) is 0 Å². The second-order valence-electron chi connectivity index (χ2n) is 5.07. The molecule has 0 saturated carbocycles. The summed E-state index contributed by atoms with van der Waals surface area (Å²) < 4.78 is 0. The van der Waals surface area contributed by atoms with Crippen LogP contribution in [0.3, 0.4) is 0 Å². The van der Waals surface area contributed by atoms with Crippen LogP contribution in [0, 0.1) is 0 Å². The summed E-state index contributed by atoms with van der Waals surface area (Å²) >= 11 is 1.75. The van der Waals surface area contributed by atoms with Crippen LogP contribution in [0.25, 0.3) is 10.4 Å². The van der Waals surface area contributed by atoms with Gasteiger partial charge < -0.3 is 10.2 Å². The first-order valence-electron chi connectivity index (χ1n) is 6.53. The van der Waals surface area contributed by atoms with Crippen molar-refractivity contribution in [3.8, 4) is 10.4 Å². The SMILES string of the molecule is CC(C)NCc1nc(N(C)C)sc1-c1ccccc1. The van der Waals surface area contributed by atoms with Gasteiger partial charge in [0.2, 0.25) is 0 Å². The summed E-state index contributed by atoms with van der Waals surface area (Å²) in [4.78, 5) is 8.07. The molecule has 1 heterocycles. The van der Waals surface area contributed by atoms with E-state index in [1.165, 1.54) is 10.4 Å². The summed E-state index contributed by atoms with van der Waals surface area (Å²) in [6.45, 7) is 5.12. The molecule has 0 aliphatic heterocycles. The molecule has 4 heteroatoms. The fourth-order valence-electron chi connectivity index (χ4n) is 1.77. The van der Waals surface area contributed by atoms with Crippen LogP contribution >= 0.6 is 11.3 Å². The number of nitrogens with one attached hydrogen (secondary N) is 1. The Kier molecular flexibility index (Phi) is 4.56. The number of nitrogens with zero attached hydrogens (tertiary/aromatic N) is 2. The highest BCUT2D eigenvalue weighted by Gasteiger charge is 2.14. The summed E-state index contributed by atoms with van der Waals surface area (Å²) in [7, 11) is 4.07. The van der Waals surface area contributed by atoms with Crippen LogP contribution in [-0.4, -0.2) is 25.1 Å². The molecule has 0 fully saturated rings. The van der Waals surface area contributed by atoms with Crippen LogP contribution in [0.1, 0.15) is 19.5 Å². The van der Waals surface area contributed by atoms with Crippen molar-refractivity contribution < 1.29 is 0 Å². The van der Waals surface area contributed by atoms with E-state index in [-0.39, 0.29) is 0 Å². The van der Waals surface area contributed by atoms with Crippen LogP contribution in [0.15, 0.2) is 30.3 Å². The van der Waals surface area contributed by atoms with Gasteiger partial charge in [0.1, 0.15) is 0 Å². The highest BCUT2D eigenvalue weighted by Crippen LogP contribution is 2.34. The van der Waals surface area contributed by atoms with Crippen LogP contribution in [0.2, 0.25) is 0 Å². The standard InChI is InChI=1S/C15H21N3S/c1-11(2)16-10-13-14(12-8-6-5-7-9-12)19-15(17-13)18(3)4/h5-9,11,16H,10H2,1-4H3. The number of aromatic nitrogens is 1. The molecule has 3 nitrogen and oxygen atoms in total. The van der Waals surface area contributed by atoms with Gasteiger partial charge in [-0.1, -0.05) is 55.5 Å². The lowest BCUT2D eigenvalue weighted by Gasteiger charge is -2.08. The van der Waals surface area contributed by atoms with Crippen molar-refractivity contribution in [1.29, 1.82) is 0 Å². The fraction of sp³-hybridized carbons (Fsp3) is 0.400. The number of rotatable bonds is 5. The largest absolute Gasteiger partial charge is 0.354 e. The fourth-order valence-corrected chi connectivity index (χ4v) is 2.78. The minimum Gasteiger partial charge on any atom is -0.354 e. The number of anilines is 1. The smallest absolute Gasteiger partial charge is 0.185 e. The summed E-state index contributed by atoms with van der Waals surface area (Å²) in [5.41, 5.74) is 2.38. The molecular weight excluding hydrogens is 254 g/mol. The van der Waals surface area contributed by atoms with Gasteiger partial charge >= 0.3 is 0 Å². The molecule has 0 bridgehead atoms. The number of thiazole rings is 1. The highest BCUT2D eigenvalue weighted by atomic mass is 32.1. The molecule has 2 rings (SSSR count). The lowest BCUT2D eigenvalue weighted by Crippen LogP contribution is -2.22. The van der Waals surface area contributed by atoms with E-state index in [4.69, 9.17) is 4.98 Å². The van der Waals surface area contributed by atoms with Crippen LogP contribution < -0.4 is 10.2 Å². The molecule has 0 spiro atoms. The molecule has 0 atom stereocenters.